The number of benzene rings is 1. The number of halogens is 1. The van der Waals surface area contributed by atoms with E-state index in [1.807, 2.05) is 0 Å². The summed E-state index contributed by atoms with van der Waals surface area (Å²) in [6, 6.07) is 5.22. The van der Waals surface area contributed by atoms with Crippen LogP contribution in [0.3, 0.4) is 0 Å². The summed E-state index contributed by atoms with van der Waals surface area (Å²) in [5, 5.41) is 0. The summed E-state index contributed by atoms with van der Waals surface area (Å²) in [5.74, 6) is -0.474. The summed E-state index contributed by atoms with van der Waals surface area (Å²) in [7, 11) is 0. The Kier molecular flexibility index (Phi) is 3.10. The van der Waals surface area contributed by atoms with Crippen molar-refractivity contribution in [3.8, 4) is 5.75 Å². The summed E-state index contributed by atoms with van der Waals surface area (Å²) < 4.78 is 17.1. The van der Waals surface area contributed by atoms with Gasteiger partial charge in [-0.1, -0.05) is 0 Å². The molecule has 0 atom stereocenters. The average Bonchev–Trinajstić information content (AvgIpc) is 2.09. The first kappa shape index (κ1) is 9.06. The largest absolute Gasteiger partial charge is 0.426 e. The molecule has 4 heteroatoms. The lowest BCUT2D eigenvalue weighted by Gasteiger charge is -2.00. The molecule has 0 aliphatic rings. The maximum Gasteiger partial charge on any atom is 0.321 e. The second-order valence-corrected chi connectivity index (χ2v) is 2.40. The fourth-order valence-corrected chi connectivity index (χ4v) is 0.731. The van der Waals surface area contributed by atoms with E-state index in [9.17, 15) is 9.18 Å². The van der Waals surface area contributed by atoms with E-state index >= 15 is 0 Å². The van der Waals surface area contributed by atoms with Crippen molar-refractivity contribution in [2.24, 2.45) is 0 Å². The van der Waals surface area contributed by atoms with Gasteiger partial charge in [0.25, 0.3) is 0 Å². The van der Waals surface area contributed by atoms with E-state index in [0.29, 0.717) is 5.75 Å². The highest BCUT2D eigenvalue weighted by atomic mass is 32.1. The molecule has 64 valence electrons. The van der Waals surface area contributed by atoms with Crippen LogP contribution in [-0.2, 0) is 4.79 Å². The van der Waals surface area contributed by atoms with E-state index in [4.69, 9.17) is 4.74 Å². The van der Waals surface area contributed by atoms with E-state index in [1.165, 1.54) is 24.3 Å². The topological polar surface area (TPSA) is 26.3 Å². The van der Waals surface area contributed by atoms with Crippen molar-refractivity contribution in [3.05, 3.63) is 30.1 Å². The van der Waals surface area contributed by atoms with Crippen LogP contribution < -0.4 is 4.74 Å². The summed E-state index contributed by atoms with van der Waals surface area (Å²) in [6.45, 7) is 0. The van der Waals surface area contributed by atoms with Crippen LogP contribution in [0.4, 0.5) is 4.39 Å². The molecule has 0 aliphatic carbocycles. The molecule has 1 aromatic rings. The standard InChI is InChI=1S/C8H7FO2S/c9-6-1-3-7(4-2-6)11-8(10)5-12/h1-4,12H,5H2. The first-order chi connectivity index (χ1) is 5.72. The van der Waals surface area contributed by atoms with Crippen LogP contribution in [-0.4, -0.2) is 11.7 Å². The Morgan fingerprint density at radius 2 is 2.00 bits per heavy atom. The van der Waals surface area contributed by atoms with E-state index in [1.54, 1.807) is 0 Å². The van der Waals surface area contributed by atoms with Crippen molar-refractivity contribution < 1.29 is 13.9 Å². The number of ether oxygens (including phenoxy) is 1. The van der Waals surface area contributed by atoms with Gasteiger partial charge >= 0.3 is 5.97 Å². The maximum absolute atomic E-state index is 12.4. The number of rotatable bonds is 2. The van der Waals surface area contributed by atoms with Crippen molar-refractivity contribution in [1.29, 1.82) is 0 Å². The van der Waals surface area contributed by atoms with Gasteiger partial charge in [-0.05, 0) is 24.3 Å². The first-order valence-electron chi connectivity index (χ1n) is 3.29. The second-order valence-electron chi connectivity index (χ2n) is 2.09. The zero-order valence-corrected chi connectivity index (χ0v) is 7.05. The van der Waals surface area contributed by atoms with Crippen LogP contribution in [0.5, 0.6) is 5.75 Å². The highest BCUT2D eigenvalue weighted by Gasteiger charge is 2.00. The van der Waals surface area contributed by atoms with E-state index < -0.39 is 5.97 Å². The van der Waals surface area contributed by atoms with Crippen molar-refractivity contribution in [3.63, 3.8) is 0 Å². The van der Waals surface area contributed by atoms with Gasteiger partial charge in [0.1, 0.15) is 11.6 Å². The van der Waals surface area contributed by atoms with Gasteiger partial charge in [0.15, 0.2) is 0 Å². The lowest BCUT2D eigenvalue weighted by Crippen LogP contribution is -2.08. The van der Waals surface area contributed by atoms with Gasteiger partial charge in [-0.2, -0.15) is 12.6 Å². The Hall–Kier alpha value is -1.03. The first-order valence-corrected chi connectivity index (χ1v) is 3.92. The number of hydrogen-bond donors (Lipinski definition) is 1. The van der Waals surface area contributed by atoms with Crippen LogP contribution in [0.15, 0.2) is 24.3 Å². The summed E-state index contributed by atoms with van der Waals surface area (Å²) in [6.07, 6.45) is 0. The molecule has 0 radical (unpaired) electrons. The van der Waals surface area contributed by atoms with Gasteiger partial charge in [-0.25, -0.2) is 4.39 Å². The molecule has 12 heavy (non-hydrogen) atoms. The highest BCUT2D eigenvalue weighted by molar-refractivity contribution is 7.81. The van der Waals surface area contributed by atoms with Crippen molar-refractivity contribution in [2.75, 3.05) is 5.75 Å². The normalized spacial score (nSPS) is 9.50. The molecule has 0 bridgehead atoms. The molecule has 0 fully saturated rings. The molecule has 1 rings (SSSR count). The monoisotopic (exact) mass is 186 g/mol. The van der Waals surface area contributed by atoms with E-state index in [2.05, 4.69) is 12.6 Å². The third-order valence-electron chi connectivity index (χ3n) is 1.17. The van der Waals surface area contributed by atoms with Gasteiger partial charge in [0.05, 0.1) is 5.75 Å². The number of esters is 1. The Labute approximate surface area is 74.8 Å². The van der Waals surface area contributed by atoms with Gasteiger partial charge in [0, 0.05) is 0 Å². The molecule has 1 aromatic carbocycles. The smallest absolute Gasteiger partial charge is 0.321 e. The van der Waals surface area contributed by atoms with E-state index in [-0.39, 0.29) is 11.6 Å². The fraction of sp³-hybridized carbons (Fsp3) is 0.125. The van der Waals surface area contributed by atoms with Crippen LogP contribution in [0.25, 0.3) is 0 Å². The number of carbonyl (C=O) groups is 1. The number of hydrogen-bond acceptors (Lipinski definition) is 3. The summed E-state index contributed by atoms with van der Waals surface area (Å²) in [4.78, 5) is 10.7. The molecule has 0 saturated carbocycles. The maximum atomic E-state index is 12.4. The molecule has 0 N–H and O–H groups in total. The van der Waals surface area contributed by atoms with Crippen molar-refractivity contribution >= 4 is 18.6 Å². The molecular weight excluding hydrogens is 179 g/mol. The van der Waals surface area contributed by atoms with Crippen LogP contribution in [0.1, 0.15) is 0 Å². The Morgan fingerprint density at radius 1 is 1.42 bits per heavy atom. The lowest BCUT2D eigenvalue weighted by atomic mass is 10.3. The van der Waals surface area contributed by atoms with Crippen LogP contribution in [0, 0.1) is 5.82 Å². The molecule has 0 saturated heterocycles. The Bertz CT molecular complexity index is 271. The number of thiol groups is 1. The van der Waals surface area contributed by atoms with Crippen LogP contribution >= 0.6 is 12.6 Å². The third kappa shape index (κ3) is 2.54. The second kappa shape index (κ2) is 4.11. The van der Waals surface area contributed by atoms with E-state index in [0.717, 1.165) is 0 Å². The molecule has 0 unspecified atom stereocenters. The molecule has 2 nitrogen and oxygen atoms in total. The summed E-state index contributed by atoms with van der Waals surface area (Å²) >= 11 is 3.72. The number of carbonyl (C=O) groups excluding carboxylic acids is 1. The predicted molar refractivity (Wildman–Crippen MR) is 45.9 cm³/mol. The molecular formula is C8H7FO2S. The third-order valence-corrected chi connectivity index (χ3v) is 1.43. The van der Waals surface area contributed by atoms with Gasteiger partial charge in [-0.15, -0.1) is 0 Å². The quantitative estimate of drug-likeness (QED) is 0.432. The minimum absolute atomic E-state index is 0.0113. The summed E-state index contributed by atoms with van der Waals surface area (Å²) in [5.41, 5.74) is 0. The fourth-order valence-electron chi connectivity index (χ4n) is 0.666. The molecule has 0 heterocycles. The Balaban J connectivity index is 2.64. The zero-order valence-electron chi connectivity index (χ0n) is 6.16. The minimum Gasteiger partial charge on any atom is -0.426 e. The molecule has 0 spiro atoms. The highest BCUT2D eigenvalue weighted by Crippen LogP contribution is 2.11. The van der Waals surface area contributed by atoms with Gasteiger partial charge in [0.2, 0.25) is 0 Å². The molecule has 0 aromatic heterocycles. The SMILES string of the molecule is O=C(CS)Oc1ccc(F)cc1. The predicted octanol–water partition coefficient (Wildman–Crippen LogP) is 1.66. The van der Waals surface area contributed by atoms with Gasteiger partial charge < -0.3 is 4.74 Å². The lowest BCUT2D eigenvalue weighted by molar-refractivity contribution is -0.131. The van der Waals surface area contributed by atoms with Gasteiger partial charge in [-0.3, -0.25) is 4.79 Å². The van der Waals surface area contributed by atoms with Crippen LogP contribution in [0.2, 0.25) is 0 Å². The Morgan fingerprint density at radius 3 is 2.50 bits per heavy atom. The zero-order chi connectivity index (χ0) is 8.97. The van der Waals surface area contributed by atoms with Crippen molar-refractivity contribution in [2.45, 2.75) is 0 Å². The molecule has 0 aliphatic heterocycles. The molecule has 0 amide bonds. The average molecular weight is 186 g/mol. The minimum atomic E-state index is -0.454. The van der Waals surface area contributed by atoms with Crippen molar-refractivity contribution in [1.82, 2.24) is 0 Å².